The van der Waals surface area contributed by atoms with Crippen LogP contribution in [-0.2, 0) is 20.7 Å². The number of para-hydroxylation sites is 1. The maximum atomic E-state index is 12.8. The smallest absolute Gasteiger partial charge is 0.273 e. The predicted octanol–water partition coefficient (Wildman–Crippen LogP) is 2.45. The third-order valence-electron chi connectivity index (χ3n) is 5.52. The van der Waals surface area contributed by atoms with Crippen LogP contribution in [0.3, 0.4) is 0 Å². The molecular formula is C22H26N4O5. The maximum Gasteiger partial charge on any atom is 0.273 e. The van der Waals surface area contributed by atoms with Crippen LogP contribution in [0.25, 0.3) is 0 Å². The lowest BCUT2D eigenvalue weighted by atomic mass is 10.1. The molecule has 4 rings (SSSR count). The first kappa shape index (κ1) is 21.1. The fourth-order valence-corrected chi connectivity index (χ4v) is 3.92. The molecule has 31 heavy (non-hydrogen) atoms. The van der Waals surface area contributed by atoms with Crippen molar-refractivity contribution >= 4 is 28.7 Å². The Balaban J connectivity index is 1.56. The number of carbonyl (C=O) groups excluding carboxylic acids is 1. The summed E-state index contributed by atoms with van der Waals surface area (Å²) in [5.74, 6) is -0.289. The average Bonchev–Trinajstić information content (AvgIpc) is 2.80. The van der Waals surface area contributed by atoms with Crippen molar-refractivity contribution in [1.82, 2.24) is 0 Å². The number of nitro benzene ring substituents is 1. The first-order chi connectivity index (χ1) is 15.1. The monoisotopic (exact) mass is 426 g/mol. The van der Waals surface area contributed by atoms with E-state index >= 15 is 0 Å². The second-order valence-corrected chi connectivity index (χ2v) is 7.51. The van der Waals surface area contributed by atoms with Gasteiger partial charge in [0.25, 0.3) is 5.69 Å². The Labute approximate surface area is 180 Å². The highest BCUT2D eigenvalue weighted by molar-refractivity contribution is 5.96. The number of hydrogen-bond donors (Lipinski definition) is 1. The minimum Gasteiger partial charge on any atom is -0.378 e. The summed E-state index contributed by atoms with van der Waals surface area (Å²) >= 11 is 0. The van der Waals surface area contributed by atoms with Gasteiger partial charge in [0, 0.05) is 43.5 Å². The van der Waals surface area contributed by atoms with Crippen LogP contribution < -0.4 is 15.1 Å². The molecule has 0 radical (unpaired) electrons. The number of nitrogens with zero attached hydrogens (tertiary/aromatic N) is 3. The first-order valence-corrected chi connectivity index (χ1v) is 10.4. The Bertz CT molecular complexity index is 939. The van der Waals surface area contributed by atoms with E-state index < -0.39 is 4.92 Å². The van der Waals surface area contributed by atoms with Gasteiger partial charge in [-0.1, -0.05) is 18.2 Å². The SMILES string of the molecule is O=C(Cc1ccccc1[N+](=O)[O-])Nc1ccc(N2CCOCC2)cc1N1CCOCC1. The van der Waals surface area contributed by atoms with Crippen LogP contribution in [0.1, 0.15) is 5.56 Å². The van der Waals surface area contributed by atoms with Crippen molar-refractivity contribution in [3.05, 3.63) is 58.1 Å². The van der Waals surface area contributed by atoms with E-state index in [1.54, 1.807) is 18.2 Å². The van der Waals surface area contributed by atoms with Crippen molar-refractivity contribution in [1.29, 1.82) is 0 Å². The van der Waals surface area contributed by atoms with Gasteiger partial charge >= 0.3 is 0 Å². The van der Waals surface area contributed by atoms with Gasteiger partial charge < -0.3 is 24.6 Å². The second-order valence-electron chi connectivity index (χ2n) is 7.51. The van der Waals surface area contributed by atoms with Crippen LogP contribution in [-0.4, -0.2) is 63.4 Å². The van der Waals surface area contributed by atoms with E-state index in [2.05, 4.69) is 21.2 Å². The molecule has 0 bridgehead atoms. The summed E-state index contributed by atoms with van der Waals surface area (Å²) in [7, 11) is 0. The summed E-state index contributed by atoms with van der Waals surface area (Å²) in [6, 6.07) is 12.3. The highest BCUT2D eigenvalue weighted by Gasteiger charge is 2.21. The van der Waals surface area contributed by atoms with Crippen LogP contribution in [0.4, 0.5) is 22.7 Å². The van der Waals surface area contributed by atoms with Gasteiger partial charge in [0.2, 0.25) is 5.91 Å². The highest BCUT2D eigenvalue weighted by Crippen LogP contribution is 2.32. The van der Waals surface area contributed by atoms with Gasteiger partial charge in [0.15, 0.2) is 0 Å². The quantitative estimate of drug-likeness (QED) is 0.560. The molecule has 0 unspecified atom stereocenters. The topological polar surface area (TPSA) is 97.2 Å². The molecule has 0 spiro atoms. The molecule has 2 saturated heterocycles. The largest absolute Gasteiger partial charge is 0.378 e. The minimum atomic E-state index is -0.459. The van der Waals surface area contributed by atoms with Crippen LogP contribution in [0.2, 0.25) is 0 Å². The summed E-state index contributed by atoms with van der Waals surface area (Å²) in [5.41, 5.74) is 3.06. The van der Waals surface area contributed by atoms with E-state index in [-0.39, 0.29) is 18.0 Å². The van der Waals surface area contributed by atoms with E-state index in [1.165, 1.54) is 6.07 Å². The number of amides is 1. The molecule has 2 aromatic carbocycles. The Morgan fingerprint density at radius 2 is 1.61 bits per heavy atom. The number of nitrogens with one attached hydrogen (secondary N) is 1. The number of morpholine rings is 2. The van der Waals surface area contributed by atoms with E-state index in [1.807, 2.05) is 12.1 Å². The first-order valence-electron chi connectivity index (χ1n) is 10.4. The summed E-state index contributed by atoms with van der Waals surface area (Å²) < 4.78 is 10.9. The minimum absolute atomic E-state index is 0.0475. The molecule has 1 N–H and O–H groups in total. The number of anilines is 3. The molecule has 2 heterocycles. The van der Waals surface area contributed by atoms with Gasteiger partial charge in [-0.2, -0.15) is 0 Å². The number of benzene rings is 2. The number of hydrogen-bond acceptors (Lipinski definition) is 7. The Morgan fingerprint density at radius 3 is 2.29 bits per heavy atom. The Hall–Kier alpha value is -3.17. The number of nitro groups is 1. The molecular weight excluding hydrogens is 400 g/mol. The molecule has 9 nitrogen and oxygen atoms in total. The molecule has 2 fully saturated rings. The number of ether oxygens (including phenoxy) is 2. The fraction of sp³-hybridized carbons (Fsp3) is 0.409. The lowest BCUT2D eigenvalue weighted by Gasteiger charge is -2.33. The van der Waals surface area contributed by atoms with Crippen molar-refractivity contribution in [2.24, 2.45) is 0 Å². The molecule has 0 aliphatic carbocycles. The third-order valence-corrected chi connectivity index (χ3v) is 5.52. The molecule has 0 aromatic heterocycles. The number of carbonyl (C=O) groups is 1. The molecule has 2 aromatic rings. The fourth-order valence-electron chi connectivity index (χ4n) is 3.92. The zero-order valence-electron chi connectivity index (χ0n) is 17.3. The zero-order valence-corrected chi connectivity index (χ0v) is 17.3. The average molecular weight is 426 g/mol. The lowest BCUT2D eigenvalue weighted by molar-refractivity contribution is -0.385. The van der Waals surface area contributed by atoms with E-state index in [4.69, 9.17) is 9.47 Å². The summed E-state index contributed by atoms with van der Waals surface area (Å²) in [5, 5.41) is 14.2. The van der Waals surface area contributed by atoms with Crippen molar-refractivity contribution in [3.8, 4) is 0 Å². The van der Waals surface area contributed by atoms with Gasteiger partial charge in [-0.05, 0) is 18.2 Å². The van der Waals surface area contributed by atoms with Crippen LogP contribution in [0, 0.1) is 10.1 Å². The van der Waals surface area contributed by atoms with Crippen LogP contribution in [0.5, 0.6) is 0 Å². The van der Waals surface area contributed by atoms with Crippen molar-refractivity contribution in [3.63, 3.8) is 0 Å². The third kappa shape index (κ3) is 5.12. The normalized spacial score (nSPS) is 16.8. The highest BCUT2D eigenvalue weighted by atomic mass is 16.6. The standard InChI is InChI=1S/C22H26N4O5/c27-22(15-17-3-1-2-4-20(17)26(28)29)23-19-6-5-18(24-7-11-30-12-8-24)16-21(19)25-9-13-31-14-10-25/h1-6,16H,7-15H2,(H,23,27). The van der Waals surface area contributed by atoms with Gasteiger partial charge in [0.1, 0.15) is 0 Å². The summed E-state index contributed by atoms with van der Waals surface area (Å²) in [4.78, 5) is 28.0. The molecule has 9 heteroatoms. The molecule has 2 aliphatic rings. The predicted molar refractivity (Wildman–Crippen MR) is 118 cm³/mol. The van der Waals surface area contributed by atoms with Gasteiger partial charge in [-0.15, -0.1) is 0 Å². The lowest BCUT2D eigenvalue weighted by Crippen LogP contribution is -2.38. The number of rotatable bonds is 6. The zero-order chi connectivity index (χ0) is 21.6. The van der Waals surface area contributed by atoms with Crippen LogP contribution >= 0.6 is 0 Å². The maximum absolute atomic E-state index is 12.8. The Kier molecular flexibility index (Phi) is 6.63. The molecule has 0 saturated carbocycles. The van der Waals surface area contributed by atoms with Gasteiger partial charge in [0.05, 0.1) is 49.1 Å². The van der Waals surface area contributed by atoms with Gasteiger partial charge in [-0.25, -0.2) is 0 Å². The Morgan fingerprint density at radius 1 is 0.968 bits per heavy atom. The van der Waals surface area contributed by atoms with E-state index in [9.17, 15) is 14.9 Å². The van der Waals surface area contributed by atoms with Crippen LogP contribution in [0.15, 0.2) is 42.5 Å². The molecule has 0 atom stereocenters. The van der Waals surface area contributed by atoms with Crippen molar-refractivity contribution in [2.45, 2.75) is 6.42 Å². The van der Waals surface area contributed by atoms with E-state index in [0.29, 0.717) is 37.7 Å². The molecule has 164 valence electrons. The van der Waals surface area contributed by atoms with Crippen molar-refractivity contribution < 1.29 is 19.2 Å². The molecule has 1 amide bonds. The van der Waals surface area contributed by atoms with Crippen molar-refractivity contribution in [2.75, 3.05) is 67.7 Å². The molecule has 2 aliphatic heterocycles. The summed E-state index contributed by atoms with van der Waals surface area (Å²) in [6.45, 7) is 5.77. The second kappa shape index (κ2) is 9.76. The van der Waals surface area contributed by atoms with E-state index in [0.717, 1.165) is 37.6 Å². The summed E-state index contributed by atoms with van der Waals surface area (Å²) in [6.07, 6.45) is -0.0646. The van der Waals surface area contributed by atoms with Gasteiger partial charge in [-0.3, -0.25) is 14.9 Å².